The van der Waals surface area contributed by atoms with Crippen LogP contribution in [0.2, 0.25) is 0 Å². The number of nitrogens with one attached hydrogen (secondary N) is 3. The van der Waals surface area contributed by atoms with Crippen LogP contribution in [0.25, 0.3) is 0 Å². The molecule has 1 fully saturated rings. The summed E-state index contributed by atoms with van der Waals surface area (Å²) in [6.07, 6.45) is -0.336. The third-order valence-electron chi connectivity index (χ3n) is 10.3. The first-order valence-electron chi connectivity index (χ1n) is 22.7. The predicted octanol–water partition coefficient (Wildman–Crippen LogP) is 7.20. The minimum absolute atomic E-state index is 0.0164. The van der Waals surface area contributed by atoms with E-state index in [1.54, 1.807) is 48.5 Å². The summed E-state index contributed by atoms with van der Waals surface area (Å²) >= 11 is 0. The molecule has 14 nitrogen and oxygen atoms in total. The van der Waals surface area contributed by atoms with Gasteiger partial charge in [-0.05, 0) is 56.1 Å². The molecule has 354 valence electrons. The molecule has 0 bridgehead atoms. The van der Waals surface area contributed by atoms with Crippen LogP contribution in [0.1, 0.15) is 109 Å². The van der Waals surface area contributed by atoms with Crippen molar-refractivity contribution in [2.24, 2.45) is 0 Å². The molecular weight excluding hydrogens is 821 g/mol. The lowest BCUT2D eigenvalue weighted by Crippen LogP contribution is -2.67. The van der Waals surface area contributed by atoms with Crippen LogP contribution in [0.4, 0.5) is 13.6 Å². The van der Waals surface area contributed by atoms with E-state index in [-0.39, 0.29) is 58.8 Å². The number of unbranched alkanes of at least 4 members (excludes halogenated alkanes) is 5. The van der Waals surface area contributed by atoms with Crippen LogP contribution in [0.15, 0.2) is 60.7 Å². The SMILES string of the molecule is CCCCOC[C@H]1O[C@@H](C(F)(F)C(=O)NCCCC[C@H](NC(=O)OCc2ccccc2)C(=O)NCC(=O)OCc2ccccc2)[C@H](OCCCC)[C@@H](OCCCC)[C@H]1OCCCC. The Balaban J connectivity index is 1.69. The van der Waals surface area contributed by atoms with Crippen molar-refractivity contribution < 1.29 is 61.1 Å². The molecule has 16 heteroatoms. The van der Waals surface area contributed by atoms with Crippen molar-refractivity contribution in [2.45, 2.75) is 154 Å². The normalized spacial score (nSPS) is 19.2. The number of amides is 3. The predicted molar refractivity (Wildman–Crippen MR) is 233 cm³/mol. The van der Waals surface area contributed by atoms with Gasteiger partial charge in [-0.1, -0.05) is 114 Å². The van der Waals surface area contributed by atoms with Gasteiger partial charge in [0.25, 0.3) is 5.91 Å². The van der Waals surface area contributed by atoms with Gasteiger partial charge in [-0.15, -0.1) is 0 Å². The number of rotatable bonds is 32. The van der Waals surface area contributed by atoms with Gasteiger partial charge >= 0.3 is 18.0 Å². The number of halogens is 2. The molecule has 2 aromatic rings. The molecule has 6 atom stereocenters. The Morgan fingerprint density at radius 2 is 1.21 bits per heavy atom. The Bertz CT molecular complexity index is 1580. The number of hydrogen-bond acceptors (Lipinski definition) is 11. The molecule has 63 heavy (non-hydrogen) atoms. The van der Waals surface area contributed by atoms with Crippen LogP contribution in [-0.2, 0) is 60.8 Å². The molecule has 3 amide bonds. The molecule has 3 rings (SSSR count). The number of carbonyl (C=O) groups excluding carboxylic acids is 4. The van der Waals surface area contributed by atoms with Gasteiger partial charge in [0, 0.05) is 33.0 Å². The van der Waals surface area contributed by atoms with Crippen LogP contribution >= 0.6 is 0 Å². The van der Waals surface area contributed by atoms with Crippen molar-refractivity contribution in [1.82, 2.24) is 16.0 Å². The van der Waals surface area contributed by atoms with Crippen molar-refractivity contribution in [2.75, 3.05) is 46.1 Å². The van der Waals surface area contributed by atoms with Gasteiger partial charge < -0.3 is 49.1 Å². The van der Waals surface area contributed by atoms with Crippen LogP contribution in [0.3, 0.4) is 0 Å². The van der Waals surface area contributed by atoms with E-state index in [2.05, 4.69) is 16.0 Å². The summed E-state index contributed by atoms with van der Waals surface area (Å²) in [5.41, 5.74) is 1.50. The zero-order valence-electron chi connectivity index (χ0n) is 37.6. The van der Waals surface area contributed by atoms with E-state index >= 15 is 8.78 Å². The summed E-state index contributed by atoms with van der Waals surface area (Å²) in [6.45, 7) is 8.53. The highest BCUT2D eigenvalue weighted by Crippen LogP contribution is 2.37. The number of hydrogen-bond donors (Lipinski definition) is 3. The van der Waals surface area contributed by atoms with Gasteiger partial charge in [0.1, 0.15) is 50.2 Å². The Morgan fingerprint density at radius 1 is 0.667 bits per heavy atom. The van der Waals surface area contributed by atoms with Gasteiger partial charge in [0.15, 0.2) is 6.10 Å². The largest absolute Gasteiger partial charge is 0.460 e. The molecule has 1 aliphatic rings. The van der Waals surface area contributed by atoms with Crippen molar-refractivity contribution >= 4 is 23.9 Å². The van der Waals surface area contributed by atoms with E-state index in [1.807, 2.05) is 39.8 Å². The van der Waals surface area contributed by atoms with E-state index in [4.69, 9.17) is 33.2 Å². The Morgan fingerprint density at radius 3 is 1.79 bits per heavy atom. The molecule has 0 radical (unpaired) electrons. The summed E-state index contributed by atoms with van der Waals surface area (Å²) in [5.74, 6) is -6.97. The highest BCUT2D eigenvalue weighted by Gasteiger charge is 2.60. The fraction of sp³-hybridized carbons (Fsp3) is 0.660. The monoisotopic (exact) mass is 892 g/mol. The van der Waals surface area contributed by atoms with Crippen LogP contribution in [-0.4, -0.2) is 112 Å². The maximum absolute atomic E-state index is 16.6. The van der Waals surface area contributed by atoms with Gasteiger partial charge in [0.2, 0.25) is 5.91 Å². The number of alkyl carbamates (subject to hydrolysis) is 1. The maximum atomic E-state index is 16.6. The van der Waals surface area contributed by atoms with Crippen LogP contribution in [0.5, 0.6) is 0 Å². The zero-order chi connectivity index (χ0) is 45.7. The summed E-state index contributed by atoms with van der Waals surface area (Å²) in [6, 6.07) is 16.8. The van der Waals surface area contributed by atoms with Crippen molar-refractivity contribution in [3.05, 3.63) is 71.8 Å². The Kier molecular flexibility index (Phi) is 26.0. The number of esters is 1. The quantitative estimate of drug-likeness (QED) is 0.0502. The molecule has 0 saturated carbocycles. The molecule has 0 aromatic heterocycles. The van der Waals surface area contributed by atoms with Gasteiger partial charge in [0.05, 0.1) is 6.61 Å². The first-order chi connectivity index (χ1) is 30.5. The molecule has 0 unspecified atom stereocenters. The van der Waals surface area contributed by atoms with Gasteiger partial charge in [-0.3, -0.25) is 14.4 Å². The fourth-order valence-electron chi connectivity index (χ4n) is 6.62. The molecule has 1 heterocycles. The lowest BCUT2D eigenvalue weighted by Gasteiger charge is -2.47. The summed E-state index contributed by atoms with van der Waals surface area (Å²) < 4.78 is 74.4. The van der Waals surface area contributed by atoms with E-state index in [0.29, 0.717) is 26.1 Å². The van der Waals surface area contributed by atoms with E-state index in [9.17, 15) is 19.2 Å². The lowest BCUT2D eigenvalue weighted by molar-refractivity contribution is -0.299. The molecule has 0 spiro atoms. The smallest absolute Gasteiger partial charge is 0.408 e. The van der Waals surface area contributed by atoms with Crippen molar-refractivity contribution in [3.63, 3.8) is 0 Å². The van der Waals surface area contributed by atoms with Crippen LogP contribution in [0, 0.1) is 0 Å². The average molecular weight is 892 g/mol. The second-order valence-corrected chi connectivity index (χ2v) is 15.6. The third-order valence-corrected chi connectivity index (χ3v) is 10.3. The second kappa shape index (κ2) is 30.8. The van der Waals surface area contributed by atoms with E-state index in [1.165, 1.54) is 0 Å². The van der Waals surface area contributed by atoms with E-state index in [0.717, 1.165) is 49.7 Å². The van der Waals surface area contributed by atoms with E-state index < -0.39 is 72.9 Å². The number of benzene rings is 2. The summed E-state index contributed by atoms with van der Waals surface area (Å²) in [4.78, 5) is 51.9. The average Bonchev–Trinajstić information content (AvgIpc) is 3.29. The molecule has 0 aliphatic carbocycles. The topological polar surface area (TPSA) is 169 Å². The first kappa shape index (κ1) is 53.1. The van der Waals surface area contributed by atoms with Crippen LogP contribution < -0.4 is 16.0 Å². The van der Waals surface area contributed by atoms with Gasteiger partial charge in [-0.25, -0.2) is 4.79 Å². The molecule has 1 saturated heterocycles. The van der Waals surface area contributed by atoms with Gasteiger partial charge in [-0.2, -0.15) is 8.78 Å². The standard InChI is InChI=1S/C47H71F2N3O11/c1-5-9-27-57-34-38-40(58-28-10-6-2)41(59-29-11-7-3)42(60-30-12-8-4)43(63-38)47(48,49)45(55)50-26-20-19-25-37(52-46(56)62-33-36-23-17-14-18-24-36)44(54)51-31-39(53)61-32-35-21-15-13-16-22-35/h13-18,21-24,37-38,40-43H,5-12,19-20,25-34H2,1-4H3,(H,50,55)(H,51,54)(H,52,56)/t37-,38+,40-,41-,42+,43+/m0/s1. The van der Waals surface area contributed by atoms with Crippen molar-refractivity contribution in [3.8, 4) is 0 Å². The lowest BCUT2D eigenvalue weighted by atomic mass is 9.90. The Labute approximate surface area is 372 Å². The van der Waals surface area contributed by atoms with Crippen molar-refractivity contribution in [1.29, 1.82) is 0 Å². The second-order valence-electron chi connectivity index (χ2n) is 15.6. The minimum Gasteiger partial charge on any atom is -0.460 e. The molecule has 1 aliphatic heterocycles. The zero-order valence-corrected chi connectivity index (χ0v) is 37.6. The fourth-order valence-corrected chi connectivity index (χ4v) is 6.62. The molecule has 3 N–H and O–H groups in total. The maximum Gasteiger partial charge on any atom is 0.408 e. The minimum atomic E-state index is -4.05. The third kappa shape index (κ3) is 19.6. The number of ether oxygens (including phenoxy) is 7. The summed E-state index contributed by atoms with van der Waals surface area (Å²) in [5, 5.41) is 7.37. The first-order valence-corrected chi connectivity index (χ1v) is 22.7. The summed E-state index contributed by atoms with van der Waals surface area (Å²) in [7, 11) is 0. The highest BCUT2D eigenvalue weighted by molar-refractivity contribution is 5.88. The number of carbonyl (C=O) groups is 4. The Hall–Kier alpha value is -4.22. The highest BCUT2D eigenvalue weighted by atomic mass is 19.3. The molecule has 2 aromatic carbocycles. The number of alkyl halides is 2. The molecular formula is C47H71F2N3O11.